The van der Waals surface area contributed by atoms with Crippen molar-refractivity contribution < 1.29 is 9.59 Å². The normalized spacial score (nSPS) is 11.7. The minimum atomic E-state index is -0.597. The molecular formula is C20H22Cl2N2O2. The van der Waals surface area contributed by atoms with Crippen molar-refractivity contribution in [2.45, 2.75) is 32.9 Å². The third-order valence-electron chi connectivity index (χ3n) is 4.00. The van der Waals surface area contributed by atoms with E-state index in [1.54, 1.807) is 42.2 Å². The molecule has 0 aliphatic carbocycles. The van der Waals surface area contributed by atoms with E-state index in [2.05, 4.69) is 5.32 Å². The zero-order valence-electron chi connectivity index (χ0n) is 14.8. The van der Waals surface area contributed by atoms with Gasteiger partial charge in [0.05, 0.1) is 6.42 Å². The number of nitrogens with zero attached hydrogens (tertiary/aromatic N) is 1. The van der Waals surface area contributed by atoms with Gasteiger partial charge in [-0.05, 0) is 49.2 Å². The number of rotatable bonds is 7. The summed E-state index contributed by atoms with van der Waals surface area (Å²) in [7, 11) is 0. The van der Waals surface area contributed by atoms with Crippen molar-refractivity contribution in [2.24, 2.45) is 0 Å². The summed E-state index contributed by atoms with van der Waals surface area (Å²) in [6.07, 6.45) is 0.171. The third kappa shape index (κ3) is 5.75. The number of halogens is 2. The number of hydrogen-bond acceptors (Lipinski definition) is 2. The molecule has 4 nitrogen and oxygen atoms in total. The number of benzene rings is 2. The highest BCUT2D eigenvalue weighted by Gasteiger charge is 2.25. The maximum atomic E-state index is 12.9. The second kappa shape index (κ2) is 9.60. The third-order valence-corrected chi connectivity index (χ3v) is 4.47. The fraction of sp³-hybridized carbons (Fsp3) is 0.300. The first-order chi connectivity index (χ1) is 12.4. The molecule has 2 aromatic rings. The lowest BCUT2D eigenvalue weighted by Gasteiger charge is -2.29. The molecule has 1 unspecified atom stereocenters. The van der Waals surface area contributed by atoms with Gasteiger partial charge in [0, 0.05) is 23.1 Å². The molecule has 0 heterocycles. The minimum Gasteiger partial charge on any atom is -0.355 e. The molecule has 2 rings (SSSR count). The molecule has 2 aromatic carbocycles. The number of carbonyl (C=O) groups is 2. The van der Waals surface area contributed by atoms with Crippen LogP contribution in [0.15, 0.2) is 48.5 Å². The lowest BCUT2D eigenvalue weighted by molar-refractivity contribution is -0.140. The first kappa shape index (κ1) is 20.3. The highest BCUT2D eigenvalue weighted by molar-refractivity contribution is 6.30. The van der Waals surface area contributed by atoms with Crippen LogP contribution in [0.25, 0.3) is 0 Å². The van der Waals surface area contributed by atoms with Crippen LogP contribution in [0.4, 0.5) is 0 Å². The van der Waals surface area contributed by atoms with Crippen molar-refractivity contribution in [3.8, 4) is 0 Å². The topological polar surface area (TPSA) is 49.4 Å². The Hall–Kier alpha value is -2.04. The maximum Gasteiger partial charge on any atom is 0.242 e. The van der Waals surface area contributed by atoms with Crippen molar-refractivity contribution in [3.05, 3.63) is 69.7 Å². The van der Waals surface area contributed by atoms with Crippen LogP contribution in [0, 0.1) is 0 Å². The predicted molar refractivity (Wildman–Crippen MR) is 105 cm³/mol. The summed E-state index contributed by atoms with van der Waals surface area (Å²) in [5.74, 6) is -0.333. The average Bonchev–Trinajstić information content (AvgIpc) is 2.59. The van der Waals surface area contributed by atoms with Crippen molar-refractivity contribution in [1.82, 2.24) is 10.2 Å². The number of hydrogen-bond donors (Lipinski definition) is 1. The van der Waals surface area contributed by atoms with E-state index in [1.807, 2.05) is 25.1 Å². The Morgan fingerprint density at radius 1 is 1.04 bits per heavy atom. The summed E-state index contributed by atoms with van der Waals surface area (Å²) in [4.78, 5) is 26.8. The monoisotopic (exact) mass is 392 g/mol. The van der Waals surface area contributed by atoms with Crippen molar-refractivity contribution in [2.75, 3.05) is 6.54 Å². The number of amides is 2. The summed E-state index contributed by atoms with van der Waals surface area (Å²) in [5, 5.41) is 3.94. The van der Waals surface area contributed by atoms with E-state index in [9.17, 15) is 9.59 Å². The Balaban J connectivity index is 2.23. The summed E-state index contributed by atoms with van der Waals surface area (Å²) in [6, 6.07) is 13.9. The van der Waals surface area contributed by atoms with Crippen LogP contribution in [0.5, 0.6) is 0 Å². The molecule has 138 valence electrons. The number of carbonyl (C=O) groups excluding carboxylic acids is 2. The molecule has 26 heavy (non-hydrogen) atoms. The second-order valence-corrected chi connectivity index (χ2v) is 6.90. The second-order valence-electron chi connectivity index (χ2n) is 6.03. The van der Waals surface area contributed by atoms with E-state index in [4.69, 9.17) is 23.2 Å². The standard InChI is InChI=1S/C20H22Cl2N2O2/c1-3-23-20(26)14(2)24(13-16-7-5-9-18(22)11-16)19(25)12-15-6-4-8-17(21)10-15/h4-11,14H,3,12-13H2,1-2H3,(H,23,26). The smallest absolute Gasteiger partial charge is 0.242 e. The van der Waals surface area contributed by atoms with Crippen LogP contribution >= 0.6 is 23.2 Å². The van der Waals surface area contributed by atoms with Gasteiger partial charge in [-0.1, -0.05) is 47.5 Å². The maximum absolute atomic E-state index is 12.9. The van der Waals surface area contributed by atoms with Gasteiger partial charge < -0.3 is 10.2 Å². The van der Waals surface area contributed by atoms with Crippen LogP contribution in [0.2, 0.25) is 10.0 Å². The van der Waals surface area contributed by atoms with Gasteiger partial charge in [-0.15, -0.1) is 0 Å². The molecule has 0 fully saturated rings. The molecule has 0 radical (unpaired) electrons. The van der Waals surface area contributed by atoms with Gasteiger partial charge in [0.2, 0.25) is 11.8 Å². The lowest BCUT2D eigenvalue weighted by Crippen LogP contribution is -2.48. The molecule has 0 saturated carbocycles. The van der Waals surface area contributed by atoms with Crippen LogP contribution < -0.4 is 5.32 Å². The van der Waals surface area contributed by atoms with E-state index < -0.39 is 6.04 Å². The highest BCUT2D eigenvalue weighted by Crippen LogP contribution is 2.17. The SMILES string of the molecule is CCNC(=O)C(C)N(Cc1cccc(Cl)c1)C(=O)Cc1cccc(Cl)c1. The molecule has 0 spiro atoms. The molecule has 0 aromatic heterocycles. The first-order valence-electron chi connectivity index (χ1n) is 8.46. The van der Waals surface area contributed by atoms with E-state index in [0.29, 0.717) is 23.1 Å². The van der Waals surface area contributed by atoms with Gasteiger partial charge in [0.15, 0.2) is 0 Å². The van der Waals surface area contributed by atoms with Crippen LogP contribution in [-0.2, 0) is 22.6 Å². The largest absolute Gasteiger partial charge is 0.355 e. The molecule has 2 amide bonds. The molecule has 1 atom stereocenters. The molecule has 0 aliphatic heterocycles. The zero-order chi connectivity index (χ0) is 19.1. The Labute approximate surface area is 164 Å². The van der Waals surface area contributed by atoms with E-state index in [0.717, 1.165) is 11.1 Å². The lowest BCUT2D eigenvalue weighted by atomic mass is 10.1. The van der Waals surface area contributed by atoms with E-state index in [-0.39, 0.29) is 18.2 Å². The molecule has 6 heteroatoms. The van der Waals surface area contributed by atoms with E-state index in [1.165, 1.54) is 0 Å². The van der Waals surface area contributed by atoms with Gasteiger partial charge >= 0.3 is 0 Å². The Bertz CT molecular complexity index is 780. The first-order valence-corrected chi connectivity index (χ1v) is 9.22. The van der Waals surface area contributed by atoms with Crippen molar-refractivity contribution >= 4 is 35.0 Å². The van der Waals surface area contributed by atoms with E-state index >= 15 is 0 Å². The van der Waals surface area contributed by atoms with Crippen LogP contribution in [0.1, 0.15) is 25.0 Å². The Morgan fingerprint density at radius 3 is 2.19 bits per heavy atom. The summed E-state index contributed by atoms with van der Waals surface area (Å²) < 4.78 is 0. The van der Waals surface area contributed by atoms with Gasteiger partial charge in [0.1, 0.15) is 6.04 Å². The quantitative estimate of drug-likeness (QED) is 0.771. The van der Waals surface area contributed by atoms with Crippen LogP contribution in [-0.4, -0.2) is 29.3 Å². The van der Waals surface area contributed by atoms with Crippen LogP contribution in [0.3, 0.4) is 0 Å². The Kier molecular flexibility index (Phi) is 7.49. The van der Waals surface area contributed by atoms with Gasteiger partial charge in [-0.3, -0.25) is 9.59 Å². The molecule has 1 N–H and O–H groups in total. The molecule has 0 bridgehead atoms. The van der Waals surface area contributed by atoms with Gasteiger partial charge in [-0.2, -0.15) is 0 Å². The van der Waals surface area contributed by atoms with Crippen molar-refractivity contribution in [3.63, 3.8) is 0 Å². The number of nitrogens with one attached hydrogen (secondary N) is 1. The summed E-state index contributed by atoms with van der Waals surface area (Å²) in [5.41, 5.74) is 1.68. The van der Waals surface area contributed by atoms with Crippen molar-refractivity contribution in [1.29, 1.82) is 0 Å². The number of likely N-dealkylation sites (N-methyl/N-ethyl adjacent to an activating group) is 1. The summed E-state index contributed by atoms with van der Waals surface area (Å²) in [6.45, 7) is 4.39. The Morgan fingerprint density at radius 2 is 1.62 bits per heavy atom. The van der Waals surface area contributed by atoms with Gasteiger partial charge in [0.25, 0.3) is 0 Å². The highest BCUT2D eigenvalue weighted by atomic mass is 35.5. The average molecular weight is 393 g/mol. The predicted octanol–water partition coefficient (Wildman–Crippen LogP) is 4.09. The zero-order valence-corrected chi connectivity index (χ0v) is 16.3. The molecular weight excluding hydrogens is 371 g/mol. The summed E-state index contributed by atoms with van der Waals surface area (Å²) >= 11 is 12.1. The minimum absolute atomic E-state index is 0.147. The van der Waals surface area contributed by atoms with Gasteiger partial charge in [-0.25, -0.2) is 0 Å². The fourth-order valence-corrected chi connectivity index (χ4v) is 3.09. The fourth-order valence-electron chi connectivity index (χ4n) is 2.66. The molecule has 0 aliphatic rings. The molecule has 0 saturated heterocycles.